The summed E-state index contributed by atoms with van der Waals surface area (Å²) in [6, 6.07) is 4.53. The van der Waals surface area contributed by atoms with Gasteiger partial charge in [0.2, 0.25) is 0 Å². The predicted octanol–water partition coefficient (Wildman–Crippen LogP) is 1.14. The molecule has 0 bridgehead atoms. The maximum absolute atomic E-state index is 12.1. The minimum Gasteiger partial charge on any atom is -0.394 e. The Labute approximate surface area is 117 Å². The Balaban J connectivity index is 2.98. The molecular weight excluding hydrogens is 266 g/mol. The van der Waals surface area contributed by atoms with Crippen LogP contribution < -0.4 is 0 Å². The molecule has 0 aromatic heterocycles. The van der Waals surface area contributed by atoms with E-state index in [1.165, 1.54) is 11.0 Å². The van der Waals surface area contributed by atoms with Gasteiger partial charge in [-0.1, -0.05) is 23.4 Å². The van der Waals surface area contributed by atoms with Crippen molar-refractivity contribution in [2.45, 2.75) is 13.0 Å². The molecule has 19 heavy (non-hydrogen) atoms. The number of aliphatic hydroxyl groups is 2. The van der Waals surface area contributed by atoms with Gasteiger partial charge in [0.25, 0.3) is 5.91 Å². The van der Waals surface area contributed by atoms with E-state index in [1.54, 1.807) is 26.1 Å². The molecule has 4 nitrogen and oxygen atoms in total. The molecule has 2 N–H and O–H groups in total. The van der Waals surface area contributed by atoms with Gasteiger partial charge in [0.1, 0.15) is 6.61 Å². The van der Waals surface area contributed by atoms with Gasteiger partial charge >= 0.3 is 0 Å². The van der Waals surface area contributed by atoms with Gasteiger partial charge in [-0.2, -0.15) is 0 Å². The highest BCUT2D eigenvalue weighted by Crippen LogP contribution is 2.18. The van der Waals surface area contributed by atoms with Crippen molar-refractivity contribution in [3.8, 4) is 11.8 Å². The number of likely N-dealkylation sites (N-methyl/N-ethyl adjacent to an activating group) is 1. The standard InChI is InChI=1S/C14H16ClNO3/c1-10(9-18)16(2)14(19)12-6-5-11(4-3-7-17)13(15)8-12/h5-6,8,10,17-18H,7,9H2,1-2H3. The first-order valence-corrected chi connectivity index (χ1v) is 6.16. The van der Waals surface area contributed by atoms with Crippen LogP contribution in [0, 0.1) is 11.8 Å². The predicted molar refractivity (Wildman–Crippen MR) is 74.1 cm³/mol. The van der Waals surface area contributed by atoms with Crippen molar-refractivity contribution >= 4 is 17.5 Å². The molecule has 0 aliphatic heterocycles. The number of hydrogen-bond donors (Lipinski definition) is 2. The van der Waals surface area contributed by atoms with Gasteiger partial charge in [0, 0.05) is 18.2 Å². The van der Waals surface area contributed by atoms with Crippen LogP contribution in [0.4, 0.5) is 0 Å². The van der Waals surface area contributed by atoms with E-state index in [9.17, 15) is 4.79 Å². The van der Waals surface area contributed by atoms with Crippen LogP contribution in [0.5, 0.6) is 0 Å². The molecule has 1 aromatic carbocycles. The summed E-state index contributed by atoms with van der Waals surface area (Å²) in [5.74, 6) is 4.97. The van der Waals surface area contributed by atoms with Gasteiger partial charge in [-0.15, -0.1) is 0 Å². The highest BCUT2D eigenvalue weighted by molar-refractivity contribution is 6.32. The largest absolute Gasteiger partial charge is 0.394 e. The van der Waals surface area contributed by atoms with E-state index in [4.69, 9.17) is 21.8 Å². The molecule has 1 amide bonds. The van der Waals surface area contributed by atoms with Crippen molar-refractivity contribution in [1.82, 2.24) is 4.90 Å². The van der Waals surface area contributed by atoms with Crippen molar-refractivity contribution in [3.63, 3.8) is 0 Å². The van der Waals surface area contributed by atoms with Crippen LogP contribution >= 0.6 is 11.6 Å². The van der Waals surface area contributed by atoms with Gasteiger partial charge in [0.15, 0.2) is 0 Å². The van der Waals surface area contributed by atoms with Crippen LogP contribution in [0.1, 0.15) is 22.8 Å². The minimum atomic E-state index is -0.264. The van der Waals surface area contributed by atoms with Crippen LogP contribution in [0.2, 0.25) is 5.02 Å². The third kappa shape index (κ3) is 3.97. The lowest BCUT2D eigenvalue weighted by molar-refractivity contribution is 0.0682. The molecule has 102 valence electrons. The fourth-order valence-corrected chi connectivity index (χ4v) is 1.64. The van der Waals surface area contributed by atoms with Crippen LogP contribution in [-0.2, 0) is 0 Å². The average molecular weight is 282 g/mol. The smallest absolute Gasteiger partial charge is 0.253 e. The lowest BCUT2D eigenvalue weighted by atomic mass is 10.1. The summed E-state index contributed by atoms with van der Waals surface area (Å²) in [6.45, 7) is 1.41. The van der Waals surface area contributed by atoms with Crippen LogP contribution in [-0.4, -0.2) is 47.3 Å². The third-order valence-corrected chi connectivity index (χ3v) is 3.08. The van der Waals surface area contributed by atoms with E-state index < -0.39 is 0 Å². The molecule has 1 atom stereocenters. The molecule has 0 spiro atoms. The second kappa shape index (κ2) is 7.15. The summed E-state index contributed by atoms with van der Waals surface area (Å²) in [6.07, 6.45) is 0. The number of amides is 1. The first kappa shape index (κ1) is 15.5. The van der Waals surface area contributed by atoms with Crippen LogP contribution in [0.3, 0.4) is 0 Å². The Morgan fingerprint density at radius 3 is 2.68 bits per heavy atom. The zero-order valence-corrected chi connectivity index (χ0v) is 11.6. The Morgan fingerprint density at radius 2 is 2.16 bits per heavy atom. The Morgan fingerprint density at radius 1 is 1.47 bits per heavy atom. The number of hydrogen-bond acceptors (Lipinski definition) is 3. The van der Waals surface area contributed by atoms with Crippen LogP contribution in [0.15, 0.2) is 18.2 Å². The molecule has 1 rings (SSSR count). The van der Waals surface area contributed by atoms with Crippen molar-refractivity contribution in [2.75, 3.05) is 20.3 Å². The molecule has 0 saturated carbocycles. The monoisotopic (exact) mass is 281 g/mol. The van der Waals surface area contributed by atoms with Gasteiger partial charge in [-0.3, -0.25) is 4.79 Å². The molecular formula is C14H16ClNO3. The number of nitrogens with zero attached hydrogens (tertiary/aromatic N) is 1. The van der Waals surface area contributed by atoms with Crippen molar-refractivity contribution in [2.24, 2.45) is 0 Å². The van der Waals surface area contributed by atoms with Crippen molar-refractivity contribution in [3.05, 3.63) is 34.3 Å². The minimum absolute atomic E-state index is 0.101. The second-order valence-electron chi connectivity index (χ2n) is 4.10. The molecule has 0 saturated heterocycles. The molecule has 0 fully saturated rings. The van der Waals surface area contributed by atoms with E-state index in [0.717, 1.165) is 0 Å². The zero-order valence-electron chi connectivity index (χ0n) is 10.9. The van der Waals surface area contributed by atoms with Crippen molar-refractivity contribution < 1.29 is 15.0 Å². The number of rotatable bonds is 3. The zero-order chi connectivity index (χ0) is 14.4. The number of carbonyl (C=O) groups excluding carboxylic acids is 1. The highest BCUT2D eigenvalue weighted by atomic mass is 35.5. The fraction of sp³-hybridized carbons (Fsp3) is 0.357. The Kier molecular flexibility index (Phi) is 5.84. The van der Waals surface area contributed by atoms with E-state index in [2.05, 4.69) is 11.8 Å². The topological polar surface area (TPSA) is 60.8 Å². The van der Waals surface area contributed by atoms with Crippen molar-refractivity contribution in [1.29, 1.82) is 0 Å². The first-order chi connectivity index (χ1) is 9.01. The maximum Gasteiger partial charge on any atom is 0.253 e. The summed E-state index contributed by atoms with van der Waals surface area (Å²) in [4.78, 5) is 13.6. The summed E-state index contributed by atoms with van der Waals surface area (Å²) in [7, 11) is 1.62. The molecule has 0 radical (unpaired) electrons. The lowest BCUT2D eigenvalue weighted by Crippen LogP contribution is -2.37. The highest BCUT2D eigenvalue weighted by Gasteiger charge is 2.17. The molecule has 0 aliphatic rings. The van der Waals surface area contributed by atoms with Gasteiger partial charge in [-0.05, 0) is 25.1 Å². The molecule has 1 unspecified atom stereocenters. The van der Waals surface area contributed by atoms with E-state index in [-0.39, 0.29) is 25.2 Å². The molecule has 1 aromatic rings. The summed E-state index contributed by atoms with van der Waals surface area (Å²) < 4.78 is 0. The average Bonchev–Trinajstić information content (AvgIpc) is 2.43. The quantitative estimate of drug-likeness (QED) is 0.817. The summed E-state index contributed by atoms with van der Waals surface area (Å²) in [5, 5.41) is 18.0. The second-order valence-corrected chi connectivity index (χ2v) is 4.51. The molecule has 5 heteroatoms. The lowest BCUT2D eigenvalue weighted by Gasteiger charge is -2.23. The summed E-state index contributed by atoms with van der Waals surface area (Å²) in [5.41, 5.74) is 0.993. The maximum atomic E-state index is 12.1. The Hall–Kier alpha value is -1.54. The number of carbonyl (C=O) groups is 1. The van der Waals surface area contributed by atoms with Gasteiger partial charge in [0.05, 0.1) is 17.7 Å². The third-order valence-electron chi connectivity index (χ3n) is 2.76. The normalized spacial score (nSPS) is 11.4. The first-order valence-electron chi connectivity index (χ1n) is 5.78. The Bertz CT molecular complexity index is 519. The van der Waals surface area contributed by atoms with E-state index >= 15 is 0 Å². The number of aliphatic hydroxyl groups excluding tert-OH is 2. The molecule has 0 aliphatic carbocycles. The fourth-order valence-electron chi connectivity index (χ4n) is 1.41. The number of halogens is 1. The SMILES string of the molecule is CC(CO)N(C)C(=O)c1ccc(C#CCO)c(Cl)c1. The van der Waals surface area contributed by atoms with E-state index in [0.29, 0.717) is 16.1 Å². The molecule has 0 heterocycles. The van der Waals surface area contributed by atoms with Gasteiger partial charge in [-0.25, -0.2) is 0 Å². The number of benzene rings is 1. The van der Waals surface area contributed by atoms with E-state index in [1.807, 2.05) is 0 Å². The van der Waals surface area contributed by atoms with Crippen LogP contribution in [0.25, 0.3) is 0 Å². The summed E-state index contributed by atoms with van der Waals surface area (Å²) >= 11 is 6.02. The van der Waals surface area contributed by atoms with Gasteiger partial charge < -0.3 is 15.1 Å².